The quantitative estimate of drug-likeness (QED) is 0.839. The topological polar surface area (TPSA) is 68.4 Å². The van der Waals surface area contributed by atoms with E-state index in [4.69, 9.17) is 10.5 Å². The Morgan fingerprint density at radius 2 is 1.94 bits per heavy atom. The first-order chi connectivity index (χ1) is 8.79. The van der Waals surface area contributed by atoms with E-state index in [1.54, 1.807) is 12.3 Å². The van der Waals surface area contributed by atoms with Crippen LogP contribution in [-0.4, -0.2) is 16.7 Å². The van der Waals surface area contributed by atoms with Gasteiger partial charge in [-0.3, -0.25) is 4.98 Å². The number of rotatable bonds is 5. The van der Waals surface area contributed by atoms with E-state index in [0.717, 1.165) is 11.3 Å². The highest BCUT2D eigenvalue weighted by atomic mass is 16.5. The predicted molar refractivity (Wildman–Crippen MR) is 69.0 cm³/mol. The van der Waals surface area contributed by atoms with E-state index >= 15 is 0 Å². The van der Waals surface area contributed by atoms with Crippen LogP contribution >= 0.6 is 0 Å². The molecular weight excluding hydrogens is 228 g/mol. The van der Waals surface area contributed by atoms with Gasteiger partial charge in [0.05, 0.1) is 11.9 Å². The number of nitrogens with zero attached hydrogens (tertiary/aromatic N) is 1. The lowest BCUT2D eigenvalue weighted by molar-refractivity contribution is 0.108. The average molecular weight is 244 g/mol. The summed E-state index contributed by atoms with van der Waals surface area (Å²) >= 11 is 0. The molecule has 1 atom stereocenters. The Morgan fingerprint density at radius 1 is 1.17 bits per heavy atom. The number of aliphatic hydroxyl groups is 1. The van der Waals surface area contributed by atoms with E-state index in [9.17, 15) is 5.11 Å². The van der Waals surface area contributed by atoms with E-state index < -0.39 is 6.10 Å². The molecule has 0 aliphatic heterocycles. The van der Waals surface area contributed by atoms with Crippen molar-refractivity contribution in [1.29, 1.82) is 0 Å². The summed E-state index contributed by atoms with van der Waals surface area (Å²) in [5, 5.41) is 9.92. The van der Waals surface area contributed by atoms with Gasteiger partial charge in [0.2, 0.25) is 0 Å². The zero-order valence-electron chi connectivity index (χ0n) is 9.99. The summed E-state index contributed by atoms with van der Waals surface area (Å²) < 4.78 is 5.47. The van der Waals surface area contributed by atoms with Crippen LogP contribution in [0, 0.1) is 0 Å². The zero-order chi connectivity index (χ0) is 12.8. The van der Waals surface area contributed by atoms with Crippen molar-refractivity contribution in [3.8, 4) is 5.75 Å². The molecule has 1 heterocycles. The predicted octanol–water partition coefficient (Wildman–Crippen LogP) is 1.65. The van der Waals surface area contributed by atoms with E-state index in [-0.39, 0.29) is 6.61 Å². The van der Waals surface area contributed by atoms with Crippen molar-refractivity contribution < 1.29 is 9.84 Å². The largest absolute Gasteiger partial charge is 0.489 e. The van der Waals surface area contributed by atoms with Crippen LogP contribution in [0.3, 0.4) is 0 Å². The molecule has 4 nitrogen and oxygen atoms in total. The molecule has 94 valence electrons. The molecule has 0 aliphatic carbocycles. The fraction of sp³-hybridized carbons (Fsp3) is 0.214. The number of hydrogen-bond donors (Lipinski definition) is 2. The smallest absolute Gasteiger partial charge is 0.137 e. The molecule has 2 rings (SSSR count). The van der Waals surface area contributed by atoms with Gasteiger partial charge in [-0.15, -0.1) is 0 Å². The normalized spacial score (nSPS) is 12.1. The highest BCUT2D eigenvalue weighted by Gasteiger charge is 2.07. The molecule has 4 heteroatoms. The van der Waals surface area contributed by atoms with E-state index in [2.05, 4.69) is 4.98 Å². The average Bonchev–Trinajstić information content (AvgIpc) is 2.46. The summed E-state index contributed by atoms with van der Waals surface area (Å²) in [5.74, 6) is 0.627. The first-order valence-electron chi connectivity index (χ1n) is 5.80. The number of aromatic nitrogens is 1. The Labute approximate surface area is 106 Å². The lowest BCUT2D eigenvalue weighted by Crippen LogP contribution is -2.10. The van der Waals surface area contributed by atoms with Gasteiger partial charge in [-0.2, -0.15) is 0 Å². The van der Waals surface area contributed by atoms with Crippen LogP contribution in [-0.2, 0) is 6.54 Å². The van der Waals surface area contributed by atoms with Gasteiger partial charge in [0.15, 0.2) is 0 Å². The van der Waals surface area contributed by atoms with Crippen LogP contribution in [0.2, 0.25) is 0 Å². The number of benzene rings is 1. The summed E-state index contributed by atoms with van der Waals surface area (Å²) in [6, 6.07) is 13.0. The second-order valence-corrected chi connectivity index (χ2v) is 3.93. The van der Waals surface area contributed by atoms with Crippen molar-refractivity contribution >= 4 is 0 Å². The second kappa shape index (κ2) is 6.14. The van der Waals surface area contributed by atoms with Gasteiger partial charge in [0, 0.05) is 6.54 Å². The van der Waals surface area contributed by atoms with Crippen LogP contribution in [0.1, 0.15) is 17.4 Å². The second-order valence-electron chi connectivity index (χ2n) is 3.93. The van der Waals surface area contributed by atoms with Gasteiger partial charge < -0.3 is 15.6 Å². The van der Waals surface area contributed by atoms with Crippen LogP contribution in [0.15, 0.2) is 48.7 Å². The first kappa shape index (κ1) is 12.5. The highest BCUT2D eigenvalue weighted by Crippen LogP contribution is 2.15. The molecule has 1 unspecified atom stereocenters. The van der Waals surface area contributed by atoms with Crippen molar-refractivity contribution in [2.45, 2.75) is 12.6 Å². The molecule has 1 aromatic heterocycles. The molecule has 0 spiro atoms. The number of nitrogens with two attached hydrogens (primary N) is 1. The molecule has 1 aromatic carbocycles. The summed E-state index contributed by atoms with van der Waals surface area (Å²) in [6.07, 6.45) is 0.972. The standard InChI is InChI=1S/C14H16N2O2/c15-8-12-6-7-13(9-16-12)18-10-14(17)11-4-2-1-3-5-11/h1-7,9,14,17H,8,10,15H2. The van der Waals surface area contributed by atoms with Crippen molar-refractivity contribution in [2.24, 2.45) is 5.73 Å². The van der Waals surface area contributed by atoms with Gasteiger partial charge in [0.1, 0.15) is 18.5 Å². The van der Waals surface area contributed by atoms with Crippen LogP contribution < -0.4 is 10.5 Å². The molecule has 2 aromatic rings. The molecule has 0 saturated heterocycles. The minimum atomic E-state index is -0.639. The van der Waals surface area contributed by atoms with Gasteiger partial charge >= 0.3 is 0 Å². The molecule has 3 N–H and O–H groups in total. The lowest BCUT2D eigenvalue weighted by atomic mass is 10.1. The number of pyridine rings is 1. The van der Waals surface area contributed by atoms with Crippen molar-refractivity contribution in [3.63, 3.8) is 0 Å². The van der Waals surface area contributed by atoms with Gasteiger partial charge in [-0.1, -0.05) is 30.3 Å². The Balaban J connectivity index is 1.91. The highest BCUT2D eigenvalue weighted by molar-refractivity contribution is 5.21. The van der Waals surface area contributed by atoms with Crippen molar-refractivity contribution in [3.05, 3.63) is 59.9 Å². The number of aliphatic hydroxyl groups excluding tert-OH is 1. The lowest BCUT2D eigenvalue weighted by Gasteiger charge is -2.12. The van der Waals surface area contributed by atoms with E-state index in [1.165, 1.54) is 0 Å². The fourth-order valence-corrected chi connectivity index (χ4v) is 1.56. The molecule has 0 bridgehead atoms. The maximum atomic E-state index is 9.92. The fourth-order valence-electron chi connectivity index (χ4n) is 1.56. The van der Waals surface area contributed by atoms with Gasteiger partial charge in [-0.25, -0.2) is 0 Å². The Morgan fingerprint density at radius 3 is 2.56 bits per heavy atom. The third-order valence-electron chi connectivity index (χ3n) is 2.60. The van der Waals surface area contributed by atoms with E-state index in [0.29, 0.717) is 12.3 Å². The van der Waals surface area contributed by atoms with Gasteiger partial charge in [0.25, 0.3) is 0 Å². The maximum Gasteiger partial charge on any atom is 0.137 e. The summed E-state index contributed by atoms with van der Waals surface area (Å²) in [4.78, 5) is 4.12. The minimum absolute atomic E-state index is 0.202. The van der Waals surface area contributed by atoms with E-state index in [1.807, 2.05) is 36.4 Å². The summed E-state index contributed by atoms with van der Waals surface area (Å²) in [7, 11) is 0. The summed E-state index contributed by atoms with van der Waals surface area (Å²) in [5.41, 5.74) is 7.10. The number of hydrogen-bond acceptors (Lipinski definition) is 4. The molecule has 0 fully saturated rings. The van der Waals surface area contributed by atoms with Gasteiger partial charge in [-0.05, 0) is 17.7 Å². The SMILES string of the molecule is NCc1ccc(OCC(O)c2ccccc2)cn1. The van der Waals surface area contributed by atoms with Crippen LogP contribution in [0.5, 0.6) is 5.75 Å². The molecule has 18 heavy (non-hydrogen) atoms. The Kier molecular flexibility index (Phi) is 4.28. The van der Waals surface area contributed by atoms with Crippen molar-refractivity contribution in [2.75, 3.05) is 6.61 Å². The monoisotopic (exact) mass is 244 g/mol. The maximum absolute atomic E-state index is 9.92. The zero-order valence-corrected chi connectivity index (χ0v) is 9.99. The summed E-state index contributed by atoms with van der Waals surface area (Å²) in [6.45, 7) is 0.612. The Bertz CT molecular complexity index is 471. The Hall–Kier alpha value is -1.91. The third kappa shape index (κ3) is 3.29. The number of ether oxygens (including phenoxy) is 1. The molecule has 0 saturated carbocycles. The van der Waals surface area contributed by atoms with Crippen molar-refractivity contribution in [1.82, 2.24) is 4.98 Å². The first-order valence-corrected chi connectivity index (χ1v) is 5.80. The molecule has 0 radical (unpaired) electrons. The third-order valence-corrected chi connectivity index (χ3v) is 2.60. The molecule has 0 amide bonds. The molecule has 0 aliphatic rings. The molecular formula is C14H16N2O2. The van der Waals surface area contributed by atoms with Crippen LogP contribution in [0.25, 0.3) is 0 Å². The van der Waals surface area contributed by atoms with Crippen LogP contribution in [0.4, 0.5) is 0 Å². The minimum Gasteiger partial charge on any atom is -0.489 e.